The molecule has 0 saturated heterocycles. The zero-order chi connectivity index (χ0) is 15.6. The summed E-state index contributed by atoms with van der Waals surface area (Å²) in [5.74, 6) is 0. The van der Waals surface area contributed by atoms with Crippen molar-refractivity contribution < 1.29 is 8.42 Å². The highest BCUT2D eigenvalue weighted by Gasteiger charge is 2.22. The quantitative estimate of drug-likeness (QED) is 0.888. The molecule has 1 unspecified atom stereocenters. The van der Waals surface area contributed by atoms with E-state index in [9.17, 15) is 8.42 Å². The lowest BCUT2D eigenvalue weighted by molar-refractivity contribution is 0.566. The number of rotatable bonds is 5. The Balaban J connectivity index is 2.38. The largest absolute Gasteiger partial charge is 0.326 e. The molecule has 1 heterocycles. The third-order valence-corrected chi connectivity index (χ3v) is 5.95. The molecule has 0 aliphatic rings. The van der Waals surface area contributed by atoms with Gasteiger partial charge >= 0.3 is 0 Å². The summed E-state index contributed by atoms with van der Waals surface area (Å²) in [6.45, 7) is 5.88. The maximum Gasteiger partial charge on any atom is 0.241 e. The summed E-state index contributed by atoms with van der Waals surface area (Å²) in [6.07, 6.45) is 0. The van der Waals surface area contributed by atoms with Crippen LogP contribution in [-0.4, -0.2) is 8.42 Å². The van der Waals surface area contributed by atoms with Crippen molar-refractivity contribution in [1.29, 1.82) is 0 Å². The first-order chi connectivity index (χ1) is 9.85. The van der Waals surface area contributed by atoms with Gasteiger partial charge in [0, 0.05) is 12.6 Å². The predicted octanol–water partition coefficient (Wildman–Crippen LogP) is 2.86. The lowest BCUT2D eigenvalue weighted by Gasteiger charge is -2.16. The SMILES string of the molecule is Cc1cc(CN)cc(S(=O)(=O)NC(C)c2ccsc2)c1C. The second-order valence-electron chi connectivity index (χ2n) is 5.14. The van der Waals surface area contributed by atoms with Crippen molar-refractivity contribution in [2.75, 3.05) is 0 Å². The van der Waals surface area contributed by atoms with E-state index in [1.165, 1.54) is 0 Å². The van der Waals surface area contributed by atoms with Crippen molar-refractivity contribution in [3.63, 3.8) is 0 Å². The van der Waals surface area contributed by atoms with Crippen LogP contribution in [0.15, 0.2) is 33.9 Å². The molecule has 21 heavy (non-hydrogen) atoms. The maximum absolute atomic E-state index is 12.6. The van der Waals surface area contributed by atoms with Crippen LogP contribution in [0.3, 0.4) is 0 Å². The fourth-order valence-corrected chi connectivity index (χ4v) is 4.53. The highest BCUT2D eigenvalue weighted by Crippen LogP contribution is 2.24. The van der Waals surface area contributed by atoms with Crippen molar-refractivity contribution in [2.45, 2.75) is 38.3 Å². The van der Waals surface area contributed by atoms with Crippen LogP contribution >= 0.6 is 11.3 Å². The minimum atomic E-state index is -3.57. The van der Waals surface area contributed by atoms with E-state index in [0.717, 1.165) is 22.3 Å². The fraction of sp³-hybridized carbons (Fsp3) is 0.333. The summed E-state index contributed by atoms with van der Waals surface area (Å²) in [6, 6.07) is 5.25. The number of hydrogen-bond acceptors (Lipinski definition) is 4. The van der Waals surface area contributed by atoms with Crippen LogP contribution in [0.25, 0.3) is 0 Å². The van der Waals surface area contributed by atoms with Gasteiger partial charge in [0.1, 0.15) is 0 Å². The molecule has 6 heteroatoms. The zero-order valence-electron chi connectivity index (χ0n) is 12.4. The van der Waals surface area contributed by atoms with Crippen LogP contribution in [0.2, 0.25) is 0 Å². The third-order valence-electron chi connectivity index (χ3n) is 3.58. The number of benzene rings is 1. The minimum Gasteiger partial charge on any atom is -0.326 e. The Labute approximate surface area is 130 Å². The maximum atomic E-state index is 12.6. The Morgan fingerprint density at radius 2 is 2.05 bits per heavy atom. The van der Waals surface area contributed by atoms with E-state index in [4.69, 9.17) is 5.73 Å². The van der Waals surface area contributed by atoms with E-state index in [1.54, 1.807) is 17.4 Å². The molecule has 1 atom stereocenters. The van der Waals surface area contributed by atoms with Gasteiger partial charge in [-0.3, -0.25) is 0 Å². The molecule has 0 radical (unpaired) electrons. The number of hydrogen-bond donors (Lipinski definition) is 2. The predicted molar refractivity (Wildman–Crippen MR) is 86.9 cm³/mol. The number of nitrogens with one attached hydrogen (secondary N) is 1. The number of nitrogens with two attached hydrogens (primary N) is 1. The molecule has 0 fully saturated rings. The second kappa shape index (κ2) is 6.27. The molecule has 1 aromatic heterocycles. The fourth-order valence-electron chi connectivity index (χ4n) is 2.18. The first-order valence-corrected chi connectivity index (χ1v) is 9.12. The topological polar surface area (TPSA) is 72.2 Å². The van der Waals surface area contributed by atoms with E-state index in [-0.39, 0.29) is 6.04 Å². The lowest BCUT2D eigenvalue weighted by atomic mass is 10.1. The number of sulfonamides is 1. The van der Waals surface area contributed by atoms with Gasteiger partial charge in [0.05, 0.1) is 4.90 Å². The van der Waals surface area contributed by atoms with Gasteiger partial charge in [-0.05, 0) is 65.9 Å². The van der Waals surface area contributed by atoms with Gasteiger partial charge in [0.25, 0.3) is 0 Å². The van der Waals surface area contributed by atoms with E-state index in [2.05, 4.69) is 4.72 Å². The summed E-state index contributed by atoms with van der Waals surface area (Å²) in [7, 11) is -3.57. The minimum absolute atomic E-state index is 0.262. The molecule has 4 nitrogen and oxygen atoms in total. The van der Waals surface area contributed by atoms with Crippen LogP contribution in [0.5, 0.6) is 0 Å². The Morgan fingerprint density at radius 3 is 2.62 bits per heavy atom. The average Bonchev–Trinajstić information content (AvgIpc) is 2.95. The molecule has 114 valence electrons. The first kappa shape index (κ1) is 16.2. The summed E-state index contributed by atoms with van der Waals surface area (Å²) >= 11 is 1.55. The molecule has 3 N–H and O–H groups in total. The number of aryl methyl sites for hydroxylation is 1. The van der Waals surface area contributed by atoms with Gasteiger partial charge < -0.3 is 5.73 Å². The molecule has 2 rings (SSSR count). The molecular formula is C15H20N2O2S2. The van der Waals surface area contributed by atoms with Gasteiger partial charge in [0.15, 0.2) is 0 Å². The Bertz CT molecular complexity index is 722. The Kier molecular flexibility index (Phi) is 4.83. The first-order valence-electron chi connectivity index (χ1n) is 6.69. The standard InChI is InChI=1S/C15H20N2O2S2/c1-10-6-13(8-16)7-15(11(10)2)21(18,19)17-12(3)14-4-5-20-9-14/h4-7,9,12,17H,8,16H2,1-3H3. The molecule has 0 aliphatic carbocycles. The average molecular weight is 324 g/mol. The molecule has 1 aromatic carbocycles. The van der Waals surface area contributed by atoms with Gasteiger partial charge in [-0.1, -0.05) is 6.07 Å². The summed E-state index contributed by atoms with van der Waals surface area (Å²) in [5.41, 5.74) is 9.13. The van der Waals surface area contributed by atoms with Crippen LogP contribution in [0.1, 0.15) is 35.2 Å². The van der Waals surface area contributed by atoms with Crippen LogP contribution in [-0.2, 0) is 16.6 Å². The van der Waals surface area contributed by atoms with Crippen LogP contribution in [0, 0.1) is 13.8 Å². The smallest absolute Gasteiger partial charge is 0.241 e. The van der Waals surface area contributed by atoms with Gasteiger partial charge in [-0.2, -0.15) is 11.3 Å². The highest BCUT2D eigenvalue weighted by atomic mass is 32.2. The summed E-state index contributed by atoms with van der Waals surface area (Å²) < 4.78 is 28.0. The van der Waals surface area contributed by atoms with E-state index < -0.39 is 10.0 Å². The van der Waals surface area contributed by atoms with E-state index in [1.807, 2.05) is 43.7 Å². The van der Waals surface area contributed by atoms with Gasteiger partial charge in [-0.25, -0.2) is 13.1 Å². The summed E-state index contributed by atoms with van der Waals surface area (Å²) in [4.78, 5) is 0.310. The molecule has 0 bridgehead atoms. The molecule has 0 amide bonds. The number of thiophene rings is 1. The van der Waals surface area contributed by atoms with Crippen molar-refractivity contribution in [3.05, 3.63) is 51.2 Å². The zero-order valence-corrected chi connectivity index (χ0v) is 14.0. The molecular weight excluding hydrogens is 304 g/mol. The normalized spacial score (nSPS) is 13.3. The Morgan fingerprint density at radius 1 is 1.33 bits per heavy atom. The third kappa shape index (κ3) is 3.52. The molecule has 0 spiro atoms. The van der Waals surface area contributed by atoms with Crippen LogP contribution in [0.4, 0.5) is 0 Å². The van der Waals surface area contributed by atoms with Crippen molar-refractivity contribution >= 4 is 21.4 Å². The molecule has 0 aliphatic heterocycles. The summed E-state index contributed by atoms with van der Waals surface area (Å²) in [5, 5.41) is 3.88. The van der Waals surface area contributed by atoms with Crippen molar-refractivity contribution in [2.24, 2.45) is 5.73 Å². The molecule has 0 saturated carbocycles. The van der Waals surface area contributed by atoms with Crippen molar-refractivity contribution in [1.82, 2.24) is 4.72 Å². The second-order valence-corrected chi connectivity index (χ2v) is 7.60. The molecule has 2 aromatic rings. The van der Waals surface area contributed by atoms with E-state index in [0.29, 0.717) is 11.4 Å². The van der Waals surface area contributed by atoms with Crippen molar-refractivity contribution in [3.8, 4) is 0 Å². The monoisotopic (exact) mass is 324 g/mol. The van der Waals surface area contributed by atoms with Crippen LogP contribution < -0.4 is 10.5 Å². The Hall–Kier alpha value is -1.21. The lowest BCUT2D eigenvalue weighted by Crippen LogP contribution is -2.27. The van der Waals surface area contributed by atoms with Gasteiger partial charge in [0.2, 0.25) is 10.0 Å². The highest BCUT2D eigenvalue weighted by molar-refractivity contribution is 7.89. The van der Waals surface area contributed by atoms with Gasteiger partial charge in [-0.15, -0.1) is 0 Å². The van der Waals surface area contributed by atoms with E-state index >= 15 is 0 Å².